The molecular formula is C16H29NO5S. The number of ketones is 1. The molecule has 3 unspecified atom stereocenters. The average molecular weight is 347 g/mol. The maximum atomic E-state index is 11.9. The van der Waals surface area contributed by atoms with Crippen molar-refractivity contribution in [3.05, 3.63) is 0 Å². The monoisotopic (exact) mass is 347 g/mol. The zero-order chi connectivity index (χ0) is 17.5. The summed E-state index contributed by atoms with van der Waals surface area (Å²) in [6, 6.07) is 0. The number of hydrogen-bond donors (Lipinski definition) is 2. The smallest absolute Gasteiger partial charge is 0.265 e. The van der Waals surface area contributed by atoms with Crippen LogP contribution in [0.2, 0.25) is 0 Å². The number of rotatable bonds is 2. The fraction of sp³-hybridized carbons (Fsp3) is 0.938. The predicted molar refractivity (Wildman–Crippen MR) is 87.9 cm³/mol. The SMILES string of the molecule is CC1(C)C2CC[C@]1(CS(=O)(=O)O)C(=O)C2.CC1CNCC(C)O1. The molecule has 2 saturated carbocycles. The Kier molecular flexibility index (Phi) is 5.26. The van der Waals surface area contributed by atoms with Crippen LogP contribution in [0.1, 0.15) is 47.0 Å². The zero-order valence-corrected chi connectivity index (χ0v) is 15.3. The fourth-order valence-corrected chi connectivity index (χ4v) is 5.70. The molecule has 3 rings (SSSR count). The molecule has 0 aromatic carbocycles. The molecule has 1 saturated heterocycles. The van der Waals surface area contributed by atoms with Gasteiger partial charge in [0.15, 0.2) is 0 Å². The molecule has 3 fully saturated rings. The van der Waals surface area contributed by atoms with Crippen LogP contribution < -0.4 is 5.32 Å². The predicted octanol–water partition coefficient (Wildman–Crippen LogP) is 1.65. The molecule has 0 aromatic heterocycles. The third kappa shape index (κ3) is 3.78. The van der Waals surface area contributed by atoms with Gasteiger partial charge in [0.2, 0.25) is 0 Å². The lowest BCUT2D eigenvalue weighted by atomic mass is 9.70. The van der Waals surface area contributed by atoms with Crippen molar-refractivity contribution < 1.29 is 22.5 Å². The van der Waals surface area contributed by atoms with Crippen LogP contribution in [0.3, 0.4) is 0 Å². The van der Waals surface area contributed by atoms with Crippen LogP contribution in [0, 0.1) is 16.7 Å². The van der Waals surface area contributed by atoms with Gasteiger partial charge in [0.05, 0.1) is 23.4 Å². The van der Waals surface area contributed by atoms with Crippen LogP contribution in [0.4, 0.5) is 0 Å². The first-order valence-corrected chi connectivity index (χ1v) is 9.93. The third-order valence-corrected chi connectivity index (χ3v) is 6.75. The topological polar surface area (TPSA) is 92.7 Å². The maximum Gasteiger partial charge on any atom is 0.265 e. The minimum Gasteiger partial charge on any atom is -0.373 e. The summed E-state index contributed by atoms with van der Waals surface area (Å²) in [7, 11) is -4.08. The van der Waals surface area contributed by atoms with Crippen LogP contribution in [-0.2, 0) is 19.6 Å². The number of carbonyl (C=O) groups is 1. The Bertz CT molecular complexity index is 551. The van der Waals surface area contributed by atoms with Crippen molar-refractivity contribution >= 4 is 15.9 Å². The van der Waals surface area contributed by atoms with E-state index in [0.29, 0.717) is 25.0 Å². The fourth-order valence-electron chi connectivity index (χ4n) is 4.40. The third-order valence-electron chi connectivity index (χ3n) is 5.90. The molecule has 23 heavy (non-hydrogen) atoms. The lowest BCUT2D eigenvalue weighted by Gasteiger charge is -2.35. The maximum absolute atomic E-state index is 11.9. The van der Waals surface area contributed by atoms with Crippen molar-refractivity contribution in [1.82, 2.24) is 5.32 Å². The highest BCUT2D eigenvalue weighted by Gasteiger charge is 2.65. The molecular weight excluding hydrogens is 318 g/mol. The van der Waals surface area contributed by atoms with Gasteiger partial charge in [0.1, 0.15) is 5.78 Å². The van der Waals surface area contributed by atoms with Gasteiger partial charge in [0, 0.05) is 19.5 Å². The van der Waals surface area contributed by atoms with Crippen LogP contribution in [0.5, 0.6) is 0 Å². The number of fused-ring (bicyclic) bond motifs is 2. The molecule has 6 nitrogen and oxygen atoms in total. The Labute approximate surface area is 139 Å². The second kappa shape index (κ2) is 6.43. The summed E-state index contributed by atoms with van der Waals surface area (Å²) in [6.45, 7) is 10.1. The van der Waals surface area contributed by atoms with Gasteiger partial charge in [-0.05, 0) is 38.0 Å². The molecule has 1 aliphatic heterocycles. The zero-order valence-electron chi connectivity index (χ0n) is 14.5. The van der Waals surface area contributed by atoms with Crippen LogP contribution in [0.15, 0.2) is 0 Å². The molecule has 1 heterocycles. The highest BCUT2D eigenvalue weighted by Crippen LogP contribution is 2.64. The summed E-state index contributed by atoms with van der Waals surface area (Å²) < 4.78 is 36.4. The van der Waals surface area contributed by atoms with Crippen LogP contribution in [0.25, 0.3) is 0 Å². The van der Waals surface area contributed by atoms with Crippen molar-refractivity contribution in [1.29, 1.82) is 0 Å². The van der Waals surface area contributed by atoms with E-state index >= 15 is 0 Å². The molecule has 2 aliphatic carbocycles. The number of hydrogen-bond acceptors (Lipinski definition) is 5. The Morgan fingerprint density at radius 2 is 1.83 bits per heavy atom. The average Bonchev–Trinajstić information content (AvgIpc) is 2.71. The Hall–Kier alpha value is -0.500. The summed E-state index contributed by atoms with van der Waals surface area (Å²) >= 11 is 0. The Balaban J connectivity index is 0.000000203. The summed E-state index contributed by atoms with van der Waals surface area (Å²) in [6.07, 6.45) is 2.78. The minimum atomic E-state index is -4.08. The van der Waals surface area contributed by atoms with Gasteiger partial charge in [-0.25, -0.2) is 0 Å². The largest absolute Gasteiger partial charge is 0.373 e. The first-order valence-electron chi connectivity index (χ1n) is 8.32. The van der Waals surface area contributed by atoms with Gasteiger partial charge in [-0.1, -0.05) is 13.8 Å². The van der Waals surface area contributed by atoms with Crippen molar-refractivity contribution in [2.24, 2.45) is 16.7 Å². The van der Waals surface area contributed by atoms with Gasteiger partial charge in [-0.2, -0.15) is 8.42 Å². The second-order valence-electron chi connectivity index (χ2n) is 7.81. The van der Waals surface area contributed by atoms with E-state index in [1.54, 1.807) is 0 Å². The molecule has 0 radical (unpaired) electrons. The second-order valence-corrected chi connectivity index (χ2v) is 9.26. The molecule has 7 heteroatoms. The van der Waals surface area contributed by atoms with E-state index in [9.17, 15) is 13.2 Å². The van der Waals surface area contributed by atoms with E-state index < -0.39 is 21.3 Å². The van der Waals surface area contributed by atoms with E-state index in [2.05, 4.69) is 19.2 Å². The summed E-state index contributed by atoms with van der Waals surface area (Å²) in [4.78, 5) is 11.9. The minimum absolute atomic E-state index is 0.0152. The van der Waals surface area contributed by atoms with E-state index in [4.69, 9.17) is 9.29 Å². The van der Waals surface area contributed by atoms with Crippen LogP contribution in [-0.4, -0.2) is 49.8 Å². The molecule has 2 bridgehead atoms. The van der Waals surface area contributed by atoms with Gasteiger partial charge < -0.3 is 10.1 Å². The summed E-state index contributed by atoms with van der Waals surface area (Å²) in [5.74, 6) is -0.101. The van der Waals surface area contributed by atoms with Crippen molar-refractivity contribution in [2.45, 2.75) is 59.2 Å². The molecule has 0 aromatic rings. The Morgan fingerprint density at radius 3 is 2.13 bits per heavy atom. The normalized spacial score (nSPS) is 39.0. The molecule has 3 aliphatic rings. The molecule has 4 atom stereocenters. The van der Waals surface area contributed by atoms with E-state index in [0.717, 1.165) is 19.5 Å². The van der Waals surface area contributed by atoms with E-state index in [1.807, 2.05) is 13.8 Å². The molecule has 0 amide bonds. The number of ether oxygens (including phenoxy) is 1. The summed E-state index contributed by atoms with van der Waals surface area (Å²) in [5.41, 5.74) is -1.12. The van der Waals surface area contributed by atoms with Gasteiger partial charge >= 0.3 is 0 Å². The lowest BCUT2D eigenvalue weighted by molar-refractivity contribution is -0.128. The quantitative estimate of drug-likeness (QED) is 0.738. The first-order chi connectivity index (χ1) is 10.5. The highest BCUT2D eigenvalue weighted by molar-refractivity contribution is 7.85. The number of Topliss-reactive ketones (excluding diaryl/α,β-unsaturated/α-hetero) is 1. The highest BCUT2D eigenvalue weighted by atomic mass is 32.2. The number of carbonyl (C=O) groups excluding carboxylic acids is 1. The molecule has 0 spiro atoms. The molecule has 2 N–H and O–H groups in total. The van der Waals surface area contributed by atoms with E-state index in [-0.39, 0.29) is 17.1 Å². The van der Waals surface area contributed by atoms with Gasteiger partial charge in [0.25, 0.3) is 10.1 Å². The summed E-state index contributed by atoms with van der Waals surface area (Å²) in [5, 5.41) is 3.26. The van der Waals surface area contributed by atoms with Crippen molar-refractivity contribution in [3.8, 4) is 0 Å². The van der Waals surface area contributed by atoms with Crippen LogP contribution >= 0.6 is 0 Å². The lowest BCUT2D eigenvalue weighted by Crippen LogP contribution is -2.42. The standard InChI is InChI=1S/C10H16O4S.C6H13NO/c1-9(2)7-3-4-10(9,8(11)5-7)6-15(12,13)14;1-5-3-7-4-6(2)8-5/h7H,3-6H2,1-2H3,(H,12,13,14);5-7H,3-4H2,1-2H3/t7?,10-;/m0./s1. The van der Waals surface area contributed by atoms with Crippen molar-refractivity contribution in [3.63, 3.8) is 0 Å². The number of morpholine rings is 1. The van der Waals surface area contributed by atoms with Gasteiger partial charge in [-0.15, -0.1) is 0 Å². The molecule has 134 valence electrons. The number of nitrogens with one attached hydrogen (secondary N) is 1. The van der Waals surface area contributed by atoms with E-state index in [1.165, 1.54) is 0 Å². The first kappa shape index (κ1) is 18.8. The van der Waals surface area contributed by atoms with Crippen molar-refractivity contribution in [2.75, 3.05) is 18.8 Å². The Morgan fingerprint density at radius 1 is 1.26 bits per heavy atom. The van der Waals surface area contributed by atoms with Gasteiger partial charge in [-0.3, -0.25) is 9.35 Å².